The van der Waals surface area contributed by atoms with Crippen LogP contribution in [0.3, 0.4) is 0 Å². The van der Waals surface area contributed by atoms with Crippen LogP contribution in [0.5, 0.6) is 23.0 Å². The van der Waals surface area contributed by atoms with E-state index < -0.39 is 12.1 Å². The summed E-state index contributed by atoms with van der Waals surface area (Å²) in [6, 6.07) is 24.0. The number of ether oxygens (including phenoxy) is 3. The second kappa shape index (κ2) is 8.87. The molecule has 27 heavy (non-hydrogen) atoms. The Morgan fingerprint density at radius 2 is 1.41 bits per heavy atom. The summed E-state index contributed by atoms with van der Waals surface area (Å²) in [7, 11) is 1.24. The van der Waals surface area contributed by atoms with Gasteiger partial charge in [-0.25, -0.2) is 4.79 Å². The van der Waals surface area contributed by atoms with Crippen molar-refractivity contribution in [1.82, 2.24) is 0 Å². The van der Waals surface area contributed by atoms with Gasteiger partial charge in [0.25, 0.3) is 0 Å². The number of carbonyl (C=O) groups excluding carboxylic acids is 1. The summed E-state index contributed by atoms with van der Waals surface area (Å²) in [5.74, 6) is 1.67. The van der Waals surface area contributed by atoms with Gasteiger partial charge in [-0.1, -0.05) is 42.5 Å². The minimum absolute atomic E-state index is 0.115. The van der Waals surface area contributed by atoms with E-state index in [0.29, 0.717) is 23.0 Å². The molecule has 0 radical (unpaired) electrons. The maximum absolute atomic E-state index is 11.5. The smallest absolute Gasteiger partial charge is 0.335 e. The molecule has 1 atom stereocenters. The zero-order chi connectivity index (χ0) is 19.1. The molecule has 138 valence electrons. The summed E-state index contributed by atoms with van der Waals surface area (Å²) in [5.41, 5.74) is 0.722. The lowest BCUT2D eigenvalue weighted by atomic mass is 10.1. The number of para-hydroxylation sites is 2. The zero-order valence-corrected chi connectivity index (χ0v) is 14.9. The van der Waals surface area contributed by atoms with Crippen molar-refractivity contribution < 1.29 is 24.1 Å². The van der Waals surface area contributed by atoms with E-state index in [1.54, 1.807) is 18.2 Å². The van der Waals surface area contributed by atoms with Crippen molar-refractivity contribution in [2.45, 2.75) is 12.5 Å². The van der Waals surface area contributed by atoms with E-state index in [2.05, 4.69) is 4.74 Å². The number of hydrogen-bond donors (Lipinski definition) is 1. The van der Waals surface area contributed by atoms with Gasteiger partial charge in [-0.2, -0.15) is 0 Å². The number of benzene rings is 3. The molecule has 0 spiro atoms. The highest BCUT2D eigenvalue weighted by Crippen LogP contribution is 2.35. The summed E-state index contributed by atoms with van der Waals surface area (Å²) < 4.78 is 16.5. The largest absolute Gasteiger partial charge is 0.467 e. The molecule has 0 aromatic heterocycles. The fourth-order valence-corrected chi connectivity index (χ4v) is 2.52. The molecule has 5 heteroatoms. The lowest BCUT2D eigenvalue weighted by Crippen LogP contribution is -2.24. The molecular formula is C22H20O5. The van der Waals surface area contributed by atoms with Crippen LogP contribution in [0.15, 0.2) is 78.9 Å². The predicted molar refractivity (Wildman–Crippen MR) is 101 cm³/mol. The first-order valence-electron chi connectivity index (χ1n) is 8.50. The molecule has 3 aromatic carbocycles. The molecule has 0 aliphatic rings. The maximum Gasteiger partial charge on any atom is 0.335 e. The van der Waals surface area contributed by atoms with E-state index in [-0.39, 0.29) is 6.42 Å². The molecule has 0 amide bonds. The second-order valence-electron chi connectivity index (χ2n) is 5.85. The molecule has 5 nitrogen and oxygen atoms in total. The second-order valence-corrected chi connectivity index (χ2v) is 5.85. The summed E-state index contributed by atoms with van der Waals surface area (Å²) >= 11 is 0. The fraction of sp³-hybridized carbons (Fsp3) is 0.136. The number of aliphatic hydroxyl groups excluding tert-OH is 1. The average Bonchev–Trinajstić information content (AvgIpc) is 2.71. The monoisotopic (exact) mass is 364 g/mol. The van der Waals surface area contributed by atoms with Crippen molar-refractivity contribution in [3.63, 3.8) is 0 Å². The van der Waals surface area contributed by atoms with Crippen molar-refractivity contribution in [2.24, 2.45) is 0 Å². The Bertz CT molecular complexity index is 878. The fourth-order valence-electron chi connectivity index (χ4n) is 2.52. The van der Waals surface area contributed by atoms with Gasteiger partial charge in [0.15, 0.2) is 17.6 Å². The summed E-state index contributed by atoms with van der Waals surface area (Å²) in [4.78, 5) is 11.5. The van der Waals surface area contributed by atoms with Crippen LogP contribution in [-0.2, 0) is 16.0 Å². The number of methoxy groups -OCH3 is 1. The van der Waals surface area contributed by atoms with Crippen LogP contribution in [-0.4, -0.2) is 24.3 Å². The lowest BCUT2D eigenvalue weighted by Gasteiger charge is -2.15. The van der Waals surface area contributed by atoms with E-state index in [0.717, 1.165) is 5.56 Å². The SMILES string of the molecule is COC(=O)[C@H](O)Cc1ccc(Oc2ccccc2)c(Oc2ccccc2)c1. The number of carbonyl (C=O) groups is 1. The van der Waals surface area contributed by atoms with Gasteiger partial charge < -0.3 is 19.3 Å². The average molecular weight is 364 g/mol. The number of esters is 1. The Labute approximate surface area is 157 Å². The molecule has 0 fully saturated rings. The van der Waals surface area contributed by atoms with Gasteiger partial charge in [-0.05, 0) is 42.0 Å². The molecule has 0 bridgehead atoms. The third-order valence-electron chi connectivity index (χ3n) is 3.85. The molecule has 0 aliphatic carbocycles. The summed E-state index contributed by atoms with van der Waals surface area (Å²) in [5, 5.41) is 9.91. The molecule has 0 aliphatic heterocycles. The van der Waals surface area contributed by atoms with E-state index >= 15 is 0 Å². The van der Waals surface area contributed by atoms with Crippen LogP contribution in [0.25, 0.3) is 0 Å². The van der Waals surface area contributed by atoms with Crippen molar-refractivity contribution in [3.8, 4) is 23.0 Å². The highest BCUT2D eigenvalue weighted by Gasteiger charge is 2.17. The van der Waals surface area contributed by atoms with Gasteiger partial charge in [0.05, 0.1) is 7.11 Å². The highest BCUT2D eigenvalue weighted by atomic mass is 16.5. The van der Waals surface area contributed by atoms with Crippen molar-refractivity contribution in [1.29, 1.82) is 0 Å². The predicted octanol–water partition coefficient (Wildman–Crippen LogP) is 4.35. The third kappa shape index (κ3) is 5.09. The lowest BCUT2D eigenvalue weighted by molar-refractivity contribution is -0.150. The van der Waals surface area contributed by atoms with Crippen LogP contribution in [0.2, 0.25) is 0 Å². The van der Waals surface area contributed by atoms with Gasteiger partial charge in [0.2, 0.25) is 0 Å². The van der Waals surface area contributed by atoms with Gasteiger partial charge in [-0.3, -0.25) is 0 Å². The van der Waals surface area contributed by atoms with Crippen LogP contribution in [0.4, 0.5) is 0 Å². The quantitative estimate of drug-likeness (QED) is 0.632. The number of rotatable bonds is 7. The van der Waals surface area contributed by atoms with E-state index in [9.17, 15) is 9.90 Å². The maximum atomic E-state index is 11.5. The Morgan fingerprint density at radius 1 is 0.852 bits per heavy atom. The van der Waals surface area contributed by atoms with E-state index in [4.69, 9.17) is 9.47 Å². The van der Waals surface area contributed by atoms with Crippen LogP contribution >= 0.6 is 0 Å². The summed E-state index contributed by atoms with van der Waals surface area (Å²) in [6.45, 7) is 0. The van der Waals surface area contributed by atoms with Crippen LogP contribution in [0.1, 0.15) is 5.56 Å². The summed E-state index contributed by atoms with van der Waals surface area (Å²) in [6.07, 6.45) is -1.12. The topological polar surface area (TPSA) is 65.0 Å². The zero-order valence-electron chi connectivity index (χ0n) is 14.9. The Balaban J connectivity index is 1.88. The minimum atomic E-state index is -1.24. The molecule has 0 unspecified atom stereocenters. The van der Waals surface area contributed by atoms with Crippen LogP contribution < -0.4 is 9.47 Å². The molecule has 3 aromatic rings. The Hall–Kier alpha value is -3.31. The van der Waals surface area contributed by atoms with Crippen molar-refractivity contribution >= 4 is 5.97 Å². The molecular weight excluding hydrogens is 344 g/mol. The Kier molecular flexibility index (Phi) is 6.07. The molecule has 1 N–H and O–H groups in total. The standard InChI is InChI=1S/C22H20O5/c1-25-22(24)19(23)14-16-12-13-20(26-17-8-4-2-5-9-17)21(15-16)27-18-10-6-3-7-11-18/h2-13,15,19,23H,14H2,1H3/t19-/m1/s1. The first kappa shape index (κ1) is 18.5. The van der Waals surface area contributed by atoms with Gasteiger partial charge in [0.1, 0.15) is 11.5 Å². The van der Waals surface area contributed by atoms with Crippen LogP contribution in [0, 0.1) is 0 Å². The normalized spacial score (nSPS) is 11.5. The number of hydrogen-bond acceptors (Lipinski definition) is 5. The van der Waals surface area contributed by atoms with Gasteiger partial charge in [0, 0.05) is 6.42 Å². The molecule has 0 saturated carbocycles. The number of aliphatic hydroxyl groups is 1. The Morgan fingerprint density at radius 3 is 1.96 bits per heavy atom. The molecule has 0 saturated heterocycles. The third-order valence-corrected chi connectivity index (χ3v) is 3.85. The van der Waals surface area contributed by atoms with E-state index in [1.807, 2.05) is 60.7 Å². The first-order chi connectivity index (χ1) is 13.2. The van der Waals surface area contributed by atoms with Gasteiger partial charge >= 0.3 is 5.97 Å². The minimum Gasteiger partial charge on any atom is -0.467 e. The van der Waals surface area contributed by atoms with Crippen molar-refractivity contribution in [3.05, 3.63) is 84.4 Å². The first-order valence-corrected chi connectivity index (χ1v) is 8.50. The molecule has 3 rings (SSSR count). The van der Waals surface area contributed by atoms with Gasteiger partial charge in [-0.15, -0.1) is 0 Å². The molecule has 0 heterocycles. The van der Waals surface area contributed by atoms with E-state index in [1.165, 1.54) is 7.11 Å². The highest BCUT2D eigenvalue weighted by molar-refractivity contribution is 5.74. The van der Waals surface area contributed by atoms with Crippen molar-refractivity contribution in [2.75, 3.05) is 7.11 Å².